The molecule has 0 aliphatic carbocycles. The third-order valence-electron chi connectivity index (χ3n) is 4.76. The van der Waals surface area contributed by atoms with Crippen LogP contribution in [0.4, 0.5) is 0 Å². The van der Waals surface area contributed by atoms with E-state index in [1.165, 1.54) is 11.8 Å². The second-order valence-corrected chi connectivity index (χ2v) is 8.00. The highest BCUT2D eigenvalue weighted by Crippen LogP contribution is 2.22. The number of benzene rings is 2. The number of pyridine rings is 1. The average Bonchev–Trinajstić information content (AvgIpc) is 2.66. The Kier molecular flexibility index (Phi) is 5.45. The van der Waals surface area contributed by atoms with Crippen LogP contribution in [0.1, 0.15) is 42.3 Å². The van der Waals surface area contributed by atoms with Crippen LogP contribution in [0.3, 0.4) is 0 Å². The molecule has 3 aromatic rings. The van der Waals surface area contributed by atoms with Gasteiger partial charge in [-0.1, -0.05) is 63.2 Å². The number of carbonyl (C=O) groups excluding carboxylic acids is 2. The first-order valence-corrected chi connectivity index (χ1v) is 9.28. The molecule has 0 aliphatic heterocycles. The predicted molar refractivity (Wildman–Crippen MR) is 111 cm³/mol. The van der Waals surface area contributed by atoms with Crippen molar-refractivity contribution in [2.45, 2.75) is 38.6 Å². The van der Waals surface area contributed by atoms with Crippen molar-refractivity contribution < 1.29 is 9.59 Å². The zero-order valence-corrected chi connectivity index (χ0v) is 16.4. The van der Waals surface area contributed by atoms with Gasteiger partial charge in [-0.25, -0.2) is 0 Å². The van der Waals surface area contributed by atoms with E-state index in [0.717, 1.165) is 16.5 Å². The van der Waals surface area contributed by atoms with E-state index in [0.29, 0.717) is 12.0 Å². The molecule has 0 saturated heterocycles. The van der Waals surface area contributed by atoms with Gasteiger partial charge in [-0.2, -0.15) is 0 Å². The van der Waals surface area contributed by atoms with Crippen molar-refractivity contribution in [1.82, 2.24) is 10.3 Å². The molecule has 0 unspecified atom stereocenters. The molecule has 28 heavy (non-hydrogen) atoms. The van der Waals surface area contributed by atoms with Crippen LogP contribution in [0, 0.1) is 0 Å². The molecule has 0 bridgehead atoms. The third-order valence-corrected chi connectivity index (χ3v) is 4.76. The Balaban J connectivity index is 1.75. The largest absolute Gasteiger partial charge is 0.368 e. The molecule has 1 heterocycles. The number of nitrogens with two attached hydrogens (primary N) is 1. The van der Waals surface area contributed by atoms with Crippen LogP contribution in [-0.4, -0.2) is 22.8 Å². The lowest BCUT2D eigenvalue weighted by Gasteiger charge is -2.20. The molecule has 5 nitrogen and oxygen atoms in total. The molecule has 0 fully saturated rings. The molecule has 2 amide bonds. The molecular formula is C23H25N3O2. The molecule has 3 rings (SSSR count). The lowest BCUT2D eigenvalue weighted by atomic mass is 9.86. The van der Waals surface area contributed by atoms with E-state index in [9.17, 15) is 9.59 Å². The van der Waals surface area contributed by atoms with Crippen molar-refractivity contribution >= 4 is 22.7 Å². The number of hydrogen-bond donors (Lipinski definition) is 2. The minimum atomic E-state index is -0.792. The molecule has 2 aromatic carbocycles. The van der Waals surface area contributed by atoms with E-state index in [1.807, 2.05) is 48.5 Å². The van der Waals surface area contributed by atoms with Crippen LogP contribution in [-0.2, 0) is 16.6 Å². The number of primary amides is 1. The maximum Gasteiger partial charge on any atom is 0.253 e. The quantitative estimate of drug-likeness (QED) is 0.717. The first-order valence-electron chi connectivity index (χ1n) is 9.28. The zero-order chi connectivity index (χ0) is 20.3. The number of nitrogens with one attached hydrogen (secondary N) is 1. The van der Waals surface area contributed by atoms with Crippen molar-refractivity contribution in [3.63, 3.8) is 0 Å². The molecular weight excluding hydrogens is 350 g/mol. The summed E-state index contributed by atoms with van der Waals surface area (Å²) in [6.45, 7) is 6.43. The van der Waals surface area contributed by atoms with Crippen LogP contribution in [0.2, 0.25) is 0 Å². The second-order valence-electron chi connectivity index (χ2n) is 8.00. The van der Waals surface area contributed by atoms with Gasteiger partial charge < -0.3 is 11.1 Å². The van der Waals surface area contributed by atoms with Gasteiger partial charge in [0.15, 0.2) is 0 Å². The topological polar surface area (TPSA) is 85.1 Å². The highest BCUT2D eigenvalue weighted by Gasteiger charge is 2.20. The van der Waals surface area contributed by atoms with Crippen molar-refractivity contribution in [2.75, 3.05) is 0 Å². The average molecular weight is 375 g/mol. The molecule has 1 atom stereocenters. The van der Waals surface area contributed by atoms with Crippen LogP contribution in [0.25, 0.3) is 10.9 Å². The summed E-state index contributed by atoms with van der Waals surface area (Å²) in [6.07, 6.45) is 1.85. The number of amides is 2. The van der Waals surface area contributed by atoms with Gasteiger partial charge in [0, 0.05) is 18.0 Å². The number of para-hydroxylation sites is 1. The summed E-state index contributed by atoms with van der Waals surface area (Å²) in [6, 6.07) is 16.5. The number of rotatable bonds is 5. The van der Waals surface area contributed by atoms with E-state index < -0.39 is 11.9 Å². The van der Waals surface area contributed by atoms with Crippen molar-refractivity contribution in [2.24, 2.45) is 5.73 Å². The van der Waals surface area contributed by atoms with Gasteiger partial charge in [-0.3, -0.25) is 14.6 Å². The fraction of sp³-hybridized carbons (Fsp3) is 0.261. The number of aromatic nitrogens is 1. The minimum Gasteiger partial charge on any atom is -0.368 e. The second kappa shape index (κ2) is 7.80. The number of carbonyl (C=O) groups is 2. The van der Waals surface area contributed by atoms with E-state index in [1.54, 1.807) is 6.07 Å². The highest BCUT2D eigenvalue weighted by molar-refractivity contribution is 5.99. The van der Waals surface area contributed by atoms with Gasteiger partial charge in [-0.05, 0) is 28.7 Å². The fourth-order valence-corrected chi connectivity index (χ4v) is 3.04. The summed E-state index contributed by atoms with van der Waals surface area (Å²) >= 11 is 0. The molecule has 0 saturated carbocycles. The lowest BCUT2D eigenvalue weighted by molar-refractivity contribution is -0.119. The van der Waals surface area contributed by atoms with E-state index >= 15 is 0 Å². The maximum atomic E-state index is 12.6. The number of fused-ring (bicyclic) bond motifs is 1. The van der Waals surface area contributed by atoms with Crippen molar-refractivity contribution in [3.05, 3.63) is 77.5 Å². The SMILES string of the molecule is CC(C)(C)c1ccc(C[C@@H](NC(=O)c2cnc3ccccc3c2)C(N)=O)cc1. The Hall–Kier alpha value is -3.21. The molecule has 1 aromatic heterocycles. The Morgan fingerprint density at radius 3 is 2.39 bits per heavy atom. The van der Waals surface area contributed by atoms with Crippen LogP contribution >= 0.6 is 0 Å². The lowest BCUT2D eigenvalue weighted by Crippen LogP contribution is -2.45. The highest BCUT2D eigenvalue weighted by atomic mass is 16.2. The molecule has 144 valence electrons. The van der Waals surface area contributed by atoms with E-state index in [-0.39, 0.29) is 11.3 Å². The number of hydrogen-bond acceptors (Lipinski definition) is 3. The molecule has 0 radical (unpaired) electrons. The van der Waals surface area contributed by atoms with Gasteiger partial charge in [0.05, 0.1) is 11.1 Å². The Labute approximate surface area is 165 Å². The zero-order valence-electron chi connectivity index (χ0n) is 16.4. The Morgan fingerprint density at radius 2 is 1.75 bits per heavy atom. The minimum absolute atomic E-state index is 0.0545. The van der Waals surface area contributed by atoms with Crippen LogP contribution in [0.5, 0.6) is 0 Å². The monoisotopic (exact) mass is 375 g/mol. The molecule has 0 spiro atoms. The van der Waals surface area contributed by atoms with Crippen molar-refractivity contribution in [3.8, 4) is 0 Å². The Bertz CT molecular complexity index is 1000. The maximum absolute atomic E-state index is 12.6. The third kappa shape index (κ3) is 4.55. The summed E-state index contributed by atoms with van der Waals surface area (Å²) in [5, 5.41) is 3.60. The van der Waals surface area contributed by atoms with Gasteiger partial charge in [0.1, 0.15) is 6.04 Å². The van der Waals surface area contributed by atoms with E-state index in [4.69, 9.17) is 5.73 Å². The van der Waals surface area contributed by atoms with Gasteiger partial charge in [0.25, 0.3) is 5.91 Å². The molecule has 0 aliphatic rings. The predicted octanol–water partition coefficient (Wildman–Crippen LogP) is 3.36. The first kappa shape index (κ1) is 19.5. The number of nitrogens with zero attached hydrogens (tertiary/aromatic N) is 1. The normalized spacial score (nSPS) is 12.5. The van der Waals surface area contributed by atoms with Crippen LogP contribution < -0.4 is 11.1 Å². The van der Waals surface area contributed by atoms with Crippen molar-refractivity contribution in [1.29, 1.82) is 0 Å². The summed E-state index contributed by atoms with van der Waals surface area (Å²) in [5.41, 5.74) is 8.94. The summed E-state index contributed by atoms with van der Waals surface area (Å²) in [5.74, 6) is -0.935. The smallest absolute Gasteiger partial charge is 0.253 e. The summed E-state index contributed by atoms with van der Waals surface area (Å²) in [4.78, 5) is 28.8. The first-order chi connectivity index (χ1) is 13.2. The summed E-state index contributed by atoms with van der Waals surface area (Å²) < 4.78 is 0. The molecule has 3 N–H and O–H groups in total. The van der Waals surface area contributed by atoms with Gasteiger partial charge in [-0.15, -0.1) is 0 Å². The molecule has 5 heteroatoms. The van der Waals surface area contributed by atoms with Gasteiger partial charge in [0.2, 0.25) is 5.91 Å². The van der Waals surface area contributed by atoms with Crippen LogP contribution in [0.15, 0.2) is 60.8 Å². The summed E-state index contributed by atoms with van der Waals surface area (Å²) in [7, 11) is 0. The Morgan fingerprint density at radius 1 is 1.07 bits per heavy atom. The van der Waals surface area contributed by atoms with Gasteiger partial charge >= 0.3 is 0 Å². The van der Waals surface area contributed by atoms with E-state index in [2.05, 4.69) is 31.1 Å². The fourth-order valence-electron chi connectivity index (χ4n) is 3.04. The standard InChI is InChI=1S/C23H25N3O2/c1-23(2,3)18-10-8-15(9-11-18)12-20(21(24)27)26-22(28)17-13-16-6-4-5-7-19(16)25-14-17/h4-11,13-14,20H,12H2,1-3H3,(H2,24,27)(H,26,28)/t20-/m1/s1.